The average molecular weight is 206 g/mol. The fourth-order valence-electron chi connectivity index (χ4n) is 0.492. The van der Waals surface area contributed by atoms with Gasteiger partial charge in [-0.3, -0.25) is 0 Å². The molecule has 0 aromatic heterocycles. The Morgan fingerprint density at radius 3 is 2.85 bits per heavy atom. The highest BCUT2D eigenvalue weighted by Crippen LogP contribution is 2.09. The van der Waals surface area contributed by atoms with Gasteiger partial charge >= 0.3 is 0 Å². The molecule has 0 atom stereocenters. The third-order valence-electron chi connectivity index (χ3n) is 0.958. The van der Waals surface area contributed by atoms with Crippen molar-refractivity contribution in [1.82, 2.24) is 0 Å². The van der Waals surface area contributed by atoms with E-state index in [1.165, 1.54) is 7.11 Å². The summed E-state index contributed by atoms with van der Waals surface area (Å²) < 4.78 is 27.7. The van der Waals surface area contributed by atoms with Crippen LogP contribution in [0.15, 0.2) is 17.1 Å². The molecule has 0 aliphatic rings. The van der Waals surface area contributed by atoms with Gasteiger partial charge in [0.1, 0.15) is 0 Å². The lowest BCUT2D eigenvalue weighted by atomic mass is 10.5. The highest BCUT2D eigenvalue weighted by Gasteiger charge is 1.98. The lowest BCUT2D eigenvalue weighted by Gasteiger charge is -1.98. The highest BCUT2D eigenvalue weighted by molar-refractivity contribution is 8.13. The number of nitriles is 1. The summed E-state index contributed by atoms with van der Waals surface area (Å²) in [5, 5.41) is 8.34. The van der Waals surface area contributed by atoms with Gasteiger partial charge in [0.15, 0.2) is 0 Å². The highest BCUT2D eigenvalue weighted by atomic mass is 32.2. The van der Waals surface area contributed by atoms with Gasteiger partial charge in [-0.05, 0) is 12.5 Å². The van der Waals surface area contributed by atoms with Gasteiger partial charge in [0.05, 0.1) is 7.11 Å². The molecule has 3 nitrogen and oxygen atoms in total. The second-order valence-electron chi connectivity index (χ2n) is 1.81. The molecule has 0 unspecified atom stereocenters. The Kier molecular flexibility index (Phi) is 6.92. The predicted molar refractivity (Wildman–Crippen MR) is 47.4 cm³/mol. The van der Waals surface area contributed by atoms with Crippen LogP contribution in [0.25, 0.3) is 0 Å². The van der Waals surface area contributed by atoms with Crippen LogP contribution < -0.4 is 0 Å². The van der Waals surface area contributed by atoms with Gasteiger partial charge in [0, 0.05) is 5.75 Å². The Hall–Kier alpha value is -1.09. The lowest BCUT2D eigenvalue weighted by Crippen LogP contribution is -1.95. The zero-order valence-electron chi connectivity index (χ0n) is 6.96. The Labute approximate surface area is 79.1 Å². The van der Waals surface area contributed by atoms with Crippen LogP contribution in [0.5, 0.6) is 0 Å². The van der Waals surface area contributed by atoms with Crippen LogP contribution >= 0.6 is 11.8 Å². The van der Waals surface area contributed by atoms with Crippen molar-refractivity contribution in [3.05, 3.63) is 12.2 Å². The van der Waals surface area contributed by atoms with E-state index < -0.39 is 6.08 Å². The fraction of sp³-hybridized carbons (Fsp3) is 0.429. The van der Waals surface area contributed by atoms with Crippen LogP contribution in [-0.2, 0) is 4.74 Å². The summed E-state index contributed by atoms with van der Waals surface area (Å²) in [6.45, 7) is 0. The number of rotatable bonds is 3. The number of ether oxygens (including phenoxy) is 1. The number of thioether (sulfide) groups is 1. The van der Waals surface area contributed by atoms with Crippen LogP contribution in [0, 0.1) is 11.5 Å². The molecule has 0 amide bonds. The van der Waals surface area contributed by atoms with Crippen LogP contribution in [0.4, 0.5) is 8.78 Å². The summed E-state index contributed by atoms with van der Waals surface area (Å²) in [5.74, 6) is 0.408. The van der Waals surface area contributed by atoms with Crippen molar-refractivity contribution in [3.63, 3.8) is 0 Å². The Morgan fingerprint density at radius 2 is 2.38 bits per heavy atom. The molecule has 0 rings (SSSR count). The van der Waals surface area contributed by atoms with Gasteiger partial charge in [-0.2, -0.15) is 14.0 Å². The Morgan fingerprint density at radius 1 is 1.69 bits per heavy atom. The van der Waals surface area contributed by atoms with Crippen molar-refractivity contribution < 1.29 is 13.5 Å². The molecule has 0 aliphatic heterocycles. The number of nitrogens with zero attached hydrogens (tertiary/aromatic N) is 2. The quantitative estimate of drug-likeness (QED) is 0.308. The van der Waals surface area contributed by atoms with Gasteiger partial charge in [-0.15, -0.1) is 4.99 Å². The first-order valence-electron chi connectivity index (χ1n) is 3.35. The maximum absolute atomic E-state index is 11.5. The summed E-state index contributed by atoms with van der Waals surface area (Å²) in [7, 11) is 1.37. The molecule has 0 bridgehead atoms. The summed E-state index contributed by atoms with van der Waals surface area (Å²) >= 11 is 1.12. The summed E-state index contributed by atoms with van der Waals surface area (Å²) in [4.78, 5) is 3.31. The molecular weight excluding hydrogens is 198 g/mol. The number of allylic oxidation sites excluding steroid dienone is 1. The van der Waals surface area contributed by atoms with E-state index >= 15 is 0 Å². The van der Waals surface area contributed by atoms with Gasteiger partial charge in [0.25, 0.3) is 11.3 Å². The number of methoxy groups -OCH3 is 1. The van der Waals surface area contributed by atoms with Crippen LogP contribution in [0.2, 0.25) is 0 Å². The van der Waals surface area contributed by atoms with E-state index in [1.807, 2.05) is 0 Å². The monoisotopic (exact) mass is 206 g/mol. The first-order valence-corrected chi connectivity index (χ1v) is 4.34. The second-order valence-corrected chi connectivity index (χ2v) is 2.86. The molecule has 0 spiro atoms. The number of aliphatic imine (C=N–C) groups is 1. The van der Waals surface area contributed by atoms with E-state index in [-0.39, 0.29) is 11.7 Å². The van der Waals surface area contributed by atoms with E-state index in [1.54, 1.807) is 6.19 Å². The topological polar surface area (TPSA) is 45.4 Å². The molecule has 0 aromatic carbocycles. The standard InChI is InChI=1S/C7H8F2N2OS/c1-12-7(11-5-10)13-4-2-3-6(8)9/h3H,2,4H2,1H3. The average Bonchev–Trinajstić information content (AvgIpc) is 2.10. The second kappa shape index (κ2) is 7.55. The third-order valence-corrected chi connectivity index (χ3v) is 1.90. The molecule has 0 radical (unpaired) electrons. The van der Waals surface area contributed by atoms with Crippen molar-refractivity contribution in [1.29, 1.82) is 5.26 Å². The van der Waals surface area contributed by atoms with Crippen molar-refractivity contribution in [2.45, 2.75) is 6.42 Å². The Bertz CT molecular complexity index is 243. The van der Waals surface area contributed by atoms with Crippen molar-refractivity contribution in [2.75, 3.05) is 12.9 Å². The minimum atomic E-state index is -1.70. The third kappa shape index (κ3) is 7.28. The molecule has 0 aliphatic carbocycles. The van der Waals surface area contributed by atoms with E-state index in [0.29, 0.717) is 5.75 Å². The maximum atomic E-state index is 11.5. The molecule has 6 heteroatoms. The first kappa shape index (κ1) is 11.9. The number of hydrogen-bond donors (Lipinski definition) is 0. The minimum Gasteiger partial charge on any atom is -0.476 e. The van der Waals surface area contributed by atoms with Crippen LogP contribution in [0.3, 0.4) is 0 Å². The summed E-state index contributed by atoms with van der Waals surface area (Å²) in [6.07, 6.45) is 0.885. The zero-order valence-corrected chi connectivity index (χ0v) is 7.77. The molecule has 0 N–H and O–H groups in total. The van der Waals surface area contributed by atoms with E-state index in [2.05, 4.69) is 9.73 Å². The normalized spacial score (nSPS) is 10.5. The maximum Gasteiger partial charge on any atom is 0.266 e. The number of hydrogen-bond acceptors (Lipinski definition) is 4. The summed E-state index contributed by atoms with van der Waals surface area (Å²) in [5.41, 5.74) is 0. The van der Waals surface area contributed by atoms with Crippen molar-refractivity contribution in [2.24, 2.45) is 4.99 Å². The molecule has 72 valence electrons. The lowest BCUT2D eigenvalue weighted by molar-refractivity contribution is 0.415. The largest absolute Gasteiger partial charge is 0.476 e. The Balaban J connectivity index is 3.70. The molecule has 0 saturated carbocycles. The van der Waals surface area contributed by atoms with E-state index in [9.17, 15) is 8.78 Å². The van der Waals surface area contributed by atoms with Crippen molar-refractivity contribution in [3.8, 4) is 6.19 Å². The molecular formula is C7H8F2N2OS. The minimum absolute atomic E-state index is 0.190. The molecule has 0 saturated heterocycles. The summed E-state index contributed by atoms with van der Waals surface area (Å²) in [6, 6.07) is 0. The van der Waals surface area contributed by atoms with Crippen molar-refractivity contribution >= 4 is 17.0 Å². The predicted octanol–water partition coefficient (Wildman–Crippen LogP) is 2.37. The SMILES string of the molecule is COC(=NC#N)SCCC=C(F)F. The molecule has 0 heterocycles. The van der Waals surface area contributed by atoms with Gasteiger partial charge in [-0.25, -0.2) is 0 Å². The smallest absolute Gasteiger partial charge is 0.266 e. The van der Waals surface area contributed by atoms with E-state index in [0.717, 1.165) is 17.8 Å². The first-order chi connectivity index (χ1) is 6.20. The van der Waals surface area contributed by atoms with Crippen LogP contribution in [0.1, 0.15) is 6.42 Å². The van der Waals surface area contributed by atoms with Gasteiger partial charge in [0.2, 0.25) is 6.19 Å². The van der Waals surface area contributed by atoms with Gasteiger partial charge in [-0.1, -0.05) is 11.8 Å². The molecule has 0 fully saturated rings. The fourth-order valence-corrected chi connectivity index (χ4v) is 1.13. The molecule has 0 aromatic rings. The number of halogens is 2. The molecule has 13 heavy (non-hydrogen) atoms. The van der Waals surface area contributed by atoms with Gasteiger partial charge < -0.3 is 4.74 Å². The van der Waals surface area contributed by atoms with E-state index in [4.69, 9.17) is 5.26 Å². The zero-order chi connectivity index (χ0) is 10.1. The van der Waals surface area contributed by atoms with Crippen LogP contribution in [-0.4, -0.2) is 18.1 Å².